The molecule has 0 aromatic carbocycles. The fourth-order valence-electron chi connectivity index (χ4n) is 4.79. The number of hydrogen-bond acceptors (Lipinski definition) is 2. The van der Waals surface area contributed by atoms with Gasteiger partial charge in [0.1, 0.15) is 0 Å². The van der Waals surface area contributed by atoms with Crippen LogP contribution in [-0.2, 0) is 0 Å². The molecule has 0 aromatic rings. The molecule has 3 aliphatic carbocycles. The van der Waals surface area contributed by atoms with Gasteiger partial charge in [-0.05, 0) is 69.2 Å². The van der Waals surface area contributed by atoms with Crippen molar-refractivity contribution in [2.45, 2.75) is 76.7 Å². The van der Waals surface area contributed by atoms with E-state index in [-0.39, 0.29) is 0 Å². The zero-order valence-corrected chi connectivity index (χ0v) is 12.8. The van der Waals surface area contributed by atoms with Gasteiger partial charge in [-0.2, -0.15) is 0 Å². The van der Waals surface area contributed by atoms with Crippen molar-refractivity contribution < 1.29 is 0 Å². The molecule has 0 heterocycles. The Morgan fingerprint density at radius 2 is 1.63 bits per heavy atom. The Bertz CT molecular complexity index is 292. The average molecular weight is 264 g/mol. The van der Waals surface area contributed by atoms with Crippen LogP contribution in [0.4, 0.5) is 0 Å². The third kappa shape index (κ3) is 2.71. The molecule has 0 bridgehead atoms. The van der Waals surface area contributed by atoms with E-state index >= 15 is 0 Å². The molecule has 0 aromatic heterocycles. The molecule has 0 saturated heterocycles. The monoisotopic (exact) mass is 264 g/mol. The number of likely N-dealkylation sites (N-methyl/N-ethyl adjacent to an activating group) is 1. The maximum absolute atomic E-state index is 6.26. The second-order valence-electron chi connectivity index (χ2n) is 7.62. The van der Waals surface area contributed by atoms with Crippen molar-refractivity contribution in [3.63, 3.8) is 0 Å². The first kappa shape index (κ1) is 13.9. The van der Waals surface area contributed by atoms with Crippen molar-refractivity contribution in [2.75, 3.05) is 19.6 Å². The smallest absolute Gasteiger partial charge is 0.0332 e. The molecule has 2 nitrogen and oxygen atoms in total. The van der Waals surface area contributed by atoms with E-state index in [4.69, 9.17) is 5.73 Å². The Labute approximate surface area is 119 Å². The molecule has 3 aliphatic rings. The second kappa shape index (κ2) is 5.37. The molecule has 19 heavy (non-hydrogen) atoms. The highest BCUT2D eigenvalue weighted by molar-refractivity contribution is 5.02. The molecule has 3 saturated carbocycles. The van der Waals surface area contributed by atoms with E-state index < -0.39 is 0 Å². The zero-order valence-electron chi connectivity index (χ0n) is 12.8. The minimum Gasteiger partial charge on any atom is -0.329 e. The average Bonchev–Trinajstić information content (AvgIpc) is 3.17. The highest BCUT2D eigenvalue weighted by Crippen LogP contribution is 2.52. The van der Waals surface area contributed by atoms with E-state index in [0.717, 1.165) is 17.9 Å². The first-order valence-electron chi connectivity index (χ1n) is 8.67. The zero-order chi connectivity index (χ0) is 13.3. The van der Waals surface area contributed by atoms with Gasteiger partial charge >= 0.3 is 0 Å². The van der Waals surface area contributed by atoms with Crippen LogP contribution in [0, 0.1) is 11.3 Å². The van der Waals surface area contributed by atoms with Gasteiger partial charge in [-0.3, -0.25) is 4.90 Å². The Hall–Kier alpha value is -0.0800. The van der Waals surface area contributed by atoms with Crippen molar-refractivity contribution in [1.82, 2.24) is 4.90 Å². The first-order chi connectivity index (χ1) is 9.22. The van der Waals surface area contributed by atoms with Crippen molar-refractivity contribution in [3.05, 3.63) is 0 Å². The van der Waals surface area contributed by atoms with Crippen LogP contribution in [-0.4, -0.2) is 30.1 Å². The van der Waals surface area contributed by atoms with Crippen LogP contribution in [0.2, 0.25) is 0 Å². The van der Waals surface area contributed by atoms with E-state index in [0.29, 0.717) is 5.54 Å². The predicted octanol–water partition coefficient (Wildman–Crippen LogP) is 3.55. The lowest BCUT2D eigenvalue weighted by molar-refractivity contribution is 0.0140. The summed E-state index contributed by atoms with van der Waals surface area (Å²) in [6, 6.07) is 0. The summed E-state index contributed by atoms with van der Waals surface area (Å²) in [5, 5.41) is 0. The molecule has 0 unspecified atom stereocenters. The fourth-order valence-corrected chi connectivity index (χ4v) is 4.79. The highest BCUT2D eigenvalue weighted by Gasteiger charge is 2.46. The van der Waals surface area contributed by atoms with Crippen LogP contribution >= 0.6 is 0 Å². The van der Waals surface area contributed by atoms with E-state index in [1.807, 2.05) is 0 Å². The molecule has 0 radical (unpaired) electrons. The van der Waals surface area contributed by atoms with Crippen LogP contribution in [0.5, 0.6) is 0 Å². The Balaban J connectivity index is 1.65. The van der Waals surface area contributed by atoms with E-state index in [2.05, 4.69) is 11.8 Å². The SMILES string of the molecule is CCN(CC1CC1)C1(CN)CCC2(CCCC2)CC1. The van der Waals surface area contributed by atoms with Crippen molar-refractivity contribution in [3.8, 4) is 0 Å². The summed E-state index contributed by atoms with van der Waals surface area (Å²) in [6.45, 7) is 5.73. The molecule has 2 heteroatoms. The van der Waals surface area contributed by atoms with Gasteiger partial charge in [0.2, 0.25) is 0 Å². The Kier molecular flexibility index (Phi) is 3.92. The summed E-state index contributed by atoms with van der Waals surface area (Å²) >= 11 is 0. The molecule has 0 atom stereocenters. The Morgan fingerprint density at radius 3 is 2.11 bits per heavy atom. The minimum atomic E-state index is 0.352. The molecule has 0 amide bonds. The molecule has 3 fully saturated rings. The van der Waals surface area contributed by atoms with Gasteiger partial charge in [-0.1, -0.05) is 19.8 Å². The van der Waals surface area contributed by atoms with Gasteiger partial charge in [-0.15, -0.1) is 0 Å². The summed E-state index contributed by atoms with van der Waals surface area (Å²) < 4.78 is 0. The lowest BCUT2D eigenvalue weighted by Gasteiger charge is -2.50. The largest absolute Gasteiger partial charge is 0.329 e. The third-order valence-corrected chi connectivity index (χ3v) is 6.51. The van der Waals surface area contributed by atoms with Crippen molar-refractivity contribution >= 4 is 0 Å². The van der Waals surface area contributed by atoms with Crippen molar-refractivity contribution in [2.24, 2.45) is 17.1 Å². The van der Waals surface area contributed by atoms with Gasteiger partial charge in [0, 0.05) is 18.6 Å². The third-order valence-electron chi connectivity index (χ3n) is 6.51. The molecular weight excluding hydrogens is 232 g/mol. The number of nitrogens with two attached hydrogens (primary N) is 1. The van der Waals surface area contributed by atoms with Crippen molar-refractivity contribution in [1.29, 1.82) is 0 Å². The molecule has 1 spiro atoms. The van der Waals surface area contributed by atoms with Gasteiger partial charge in [-0.25, -0.2) is 0 Å². The molecule has 0 aliphatic heterocycles. The number of rotatable bonds is 5. The lowest BCUT2D eigenvalue weighted by atomic mass is 9.66. The molecular formula is C17H32N2. The summed E-state index contributed by atoms with van der Waals surface area (Å²) in [6.07, 6.45) is 14.5. The van der Waals surface area contributed by atoms with Crippen LogP contribution < -0.4 is 5.73 Å². The van der Waals surface area contributed by atoms with E-state index in [1.165, 1.54) is 77.3 Å². The van der Waals surface area contributed by atoms with Gasteiger partial charge in [0.25, 0.3) is 0 Å². The molecule has 110 valence electrons. The number of hydrogen-bond donors (Lipinski definition) is 1. The van der Waals surface area contributed by atoms with Crippen LogP contribution in [0.25, 0.3) is 0 Å². The summed E-state index contributed by atoms with van der Waals surface area (Å²) in [7, 11) is 0. The van der Waals surface area contributed by atoms with Crippen LogP contribution in [0.1, 0.15) is 71.1 Å². The first-order valence-corrected chi connectivity index (χ1v) is 8.67. The fraction of sp³-hybridized carbons (Fsp3) is 1.00. The molecule has 3 rings (SSSR count). The lowest BCUT2D eigenvalue weighted by Crippen LogP contribution is -2.57. The minimum absolute atomic E-state index is 0.352. The topological polar surface area (TPSA) is 29.3 Å². The summed E-state index contributed by atoms with van der Waals surface area (Å²) in [5.74, 6) is 0.991. The van der Waals surface area contributed by atoms with E-state index in [1.54, 1.807) is 0 Å². The molecule has 2 N–H and O–H groups in total. The van der Waals surface area contributed by atoms with Crippen LogP contribution in [0.15, 0.2) is 0 Å². The van der Waals surface area contributed by atoms with Gasteiger partial charge in [0.15, 0.2) is 0 Å². The maximum atomic E-state index is 6.26. The van der Waals surface area contributed by atoms with Gasteiger partial charge in [0.05, 0.1) is 0 Å². The number of nitrogens with zero attached hydrogens (tertiary/aromatic N) is 1. The Morgan fingerprint density at radius 1 is 1.00 bits per heavy atom. The quantitative estimate of drug-likeness (QED) is 0.823. The standard InChI is InChI=1S/C17H32N2/c1-2-19(13-15-5-6-15)17(14-18)11-9-16(10-12-17)7-3-4-8-16/h15H,2-14,18H2,1H3. The van der Waals surface area contributed by atoms with E-state index in [9.17, 15) is 0 Å². The summed E-state index contributed by atoms with van der Waals surface area (Å²) in [4.78, 5) is 2.76. The highest BCUT2D eigenvalue weighted by atomic mass is 15.2. The normalized spacial score (nSPS) is 29.2. The maximum Gasteiger partial charge on any atom is 0.0332 e. The summed E-state index contributed by atoms with van der Waals surface area (Å²) in [5.41, 5.74) is 7.34. The van der Waals surface area contributed by atoms with Gasteiger partial charge < -0.3 is 5.73 Å². The predicted molar refractivity (Wildman–Crippen MR) is 81.1 cm³/mol. The second-order valence-corrected chi connectivity index (χ2v) is 7.62. The van der Waals surface area contributed by atoms with Crippen LogP contribution in [0.3, 0.4) is 0 Å².